The molecule has 1 saturated heterocycles. The molecule has 1 aliphatic heterocycles. The lowest BCUT2D eigenvalue weighted by molar-refractivity contribution is -0.137. The van der Waals surface area contributed by atoms with E-state index in [0.717, 1.165) is 28.2 Å². The number of hydrogen-bond donors (Lipinski definition) is 1. The second kappa shape index (κ2) is 7.31. The van der Waals surface area contributed by atoms with Crippen LogP contribution in [0.5, 0.6) is 0 Å². The average Bonchev–Trinajstić information content (AvgIpc) is 3.24. The number of carbonyl (C=O) groups is 2. The third-order valence-electron chi connectivity index (χ3n) is 6.07. The Balaban J connectivity index is 1.74. The molecule has 1 atom stereocenters. The Hall–Kier alpha value is -3.45. The van der Waals surface area contributed by atoms with Gasteiger partial charge in [0.25, 0.3) is 11.8 Å². The molecule has 32 heavy (non-hydrogen) atoms. The van der Waals surface area contributed by atoms with Crippen molar-refractivity contribution in [3.8, 4) is 6.07 Å². The van der Waals surface area contributed by atoms with Crippen molar-refractivity contribution in [3.63, 3.8) is 0 Å². The maximum Gasteiger partial charge on any atom is 0.417 e. The zero-order valence-corrected chi connectivity index (χ0v) is 17.9. The van der Waals surface area contributed by atoms with Crippen molar-refractivity contribution in [3.05, 3.63) is 64.2 Å². The summed E-state index contributed by atoms with van der Waals surface area (Å²) in [5.74, 6) is -0.699. The van der Waals surface area contributed by atoms with Crippen LogP contribution in [0, 0.1) is 11.3 Å². The largest absolute Gasteiger partial charge is 0.417 e. The number of nitriles is 1. The molecule has 10 heteroatoms. The first-order chi connectivity index (χ1) is 15.0. The van der Waals surface area contributed by atoms with Gasteiger partial charge in [0, 0.05) is 32.5 Å². The summed E-state index contributed by atoms with van der Waals surface area (Å²) in [5, 5.41) is 11.7. The van der Waals surface area contributed by atoms with Crippen molar-refractivity contribution in [2.75, 3.05) is 19.0 Å². The number of hydrogen-bond acceptors (Lipinski definition) is 4. The summed E-state index contributed by atoms with van der Waals surface area (Å²) in [6.45, 7) is 0. The van der Waals surface area contributed by atoms with E-state index in [1.165, 1.54) is 19.2 Å². The number of thiocarbonyl (C=S) groups is 1. The lowest BCUT2D eigenvalue weighted by atomic mass is 9.94. The molecule has 2 aromatic rings. The molecule has 164 valence electrons. The topological polar surface area (TPSA) is 76.4 Å². The van der Waals surface area contributed by atoms with Crippen LogP contribution in [0.15, 0.2) is 36.4 Å². The number of alkyl halides is 3. The molecular formula is C22H17F3N4O2S. The Bertz CT molecular complexity index is 1220. The number of likely N-dealkylation sites (N-methyl/N-ethyl adjacent to an activating group) is 1. The molecule has 0 saturated carbocycles. The van der Waals surface area contributed by atoms with Gasteiger partial charge in [0.1, 0.15) is 5.54 Å². The lowest BCUT2D eigenvalue weighted by Crippen LogP contribution is -2.48. The fraction of sp³-hybridized carbons (Fsp3) is 0.273. The van der Waals surface area contributed by atoms with Crippen molar-refractivity contribution in [1.29, 1.82) is 5.26 Å². The van der Waals surface area contributed by atoms with Crippen molar-refractivity contribution < 1.29 is 22.8 Å². The number of amides is 2. The van der Waals surface area contributed by atoms with Crippen molar-refractivity contribution in [1.82, 2.24) is 10.2 Å². The van der Waals surface area contributed by atoms with Gasteiger partial charge in [0.2, 0.25) is 0 Å². The summed E-state index contributed by atoms with van der Waals surface area (Å²) in [7, 11) is 3.16. The van der Waals surface area contributed by atoms with E-state index in [9.17, 15) is 22.8 Å². The highest BCUT2D eigenvalue weighted by molar-refractivity contribution is 7.80. The van der Waals surface area contributed by atoms with Crippen LogP contribution in [-0.4, -0.2) is 41.5 Å². The van der Waals surface area contributed by atoms with E-state index >= 15 is 0 Å². The minimum Gasteiger partial charge on any atom is -0.355 e. The van der Waals surface area contributed by atoms with Crippen LogP contribution in [0.25, 0.3) is 0 Å². The minimum absolute atomic E-state index is 0.0444. The molecule has 1 heterocycles. The molecule has 1 spiro atoms. The summed E-state index contributed by atoms with van der Waals surface area (Å²) in [4.78, 5) is 28.3. The summed E-state index contributed by atoms with van der Waals surface area (Å²) in [6, 6.07) is 9.81. The van der Waals surface area contributed by atoms with Gasteiger partial charge in [-0.3, -0.25) is 14.5 Å². The molecule has 4 rings (SSSR count). The Labute approximate surface area is 187 Å². The number of benzene rings is 2. The fourth-order valence-electron chi connectivity index (χ4n) is 4.33. The summed E-state index contributed by atoms with van der Waals surface area (Å²) < 4.78 is 40.3. The number of carbonyl (C=O) groups excluding carboxylic acids is 2. The first-order valence-corrected chi connectivity index (χ1v) is 10.0. The predicted octanol–water partition coefficient (Wildman–Crippen LogP) is 3.04. The quantitative estimate of drug-likeness (QED) is 0.701. The summed E-state index contributed by atoms with van der Waals surface area (Å²) >= 11 is 5.45. The zero-order valence-electron chi connectivity index (χ0n) is 17.1. The minimum atomic E-state index is -4.76. The Morgan fingerprint density at radius 3 is 2.50 bits per heavy atom. The molecule has 0 aromatic heterocycles. The SMILES string of the molecule is CNC(=O)c1ccc2c(c1)CC1(C2)C(=O)N(c2ccc(C#N)c(C(F)(F)F)c2)C(=S)N1C. The van der Waals surface area contributed by atoms with Gasteiger partial charge in [-0.25, -0.2) is 0 Å². The first kappa shape index (κ1) is 21.8. The number of fused-ring (bicyclic) bond motifs is 1. The Kier molecular flexibility index (Phi) is 4.97. The van der Waals surface area contributed by atoms with Gasteiger partial charge in [-0.1, -0.05) is 6.07 Å². The predicted molar refractivity (Wildman–Crippen MR) is 114 cm³/mol. The van der Waals surface area contributed by atoms with E-state index in [0.29, 0.717) is 12.0 Å². The van der Waals surface area contributed by atoms with Crippen LogP contribution < -0.4 is 10.2 Å². The highest BCUT2D eigenvalue weighted by Crippen LogP contribution is 2.43. The highest BCUT2D eigenvalue weighted by Gasteiger charge is 2.57. The molecule has 6 nitrogen and oxygen atoms in total. The van der Waals surface area contributed by atoms with Crippen molar-refractivity contribution in [2.45, 2.75) is 24.6 Å². The van der Waals surface area contributed by atoms with Crippen LogP contribution in [0.2, 0.25) is 0 Å². The molecule has 1 unspecified atom stereocenters. The van der Waals surface area contributed by atoms with E-state index in [1.807, 2.05) is 0 Å². The van der Waals surface area contributed by atoms with Crippen LogP contribution in [0.3, 0.4) is 0 Å². The van der Waals surface area contributed by atoms with E-state index in [-0.39, 0.29) is 23.1 Å². The number of nitrogens with one attached hydrogen (secondary N) is 1. The van der Waals surface area contributed by atoms with E-state index < -0.39 is 28.7 Å². The zero-order chi connectivity index (χ0) is 23.4. The van der Waals surface area contributed by atoms with Gasteiger partial charge in [-0.2, -0.15) is 18.4 Å². The molecule has 1 N–H and O–H groups in total. The molecule has 2 amide bonds. The lowest BCUT2D eigenvalue weighted by Gasteiger charge is -2.28. The van der Waals surface area contributed by atoms with Gasteiger partial charge < -0.3 is 10.2 Å². The van der Waals surface area contributed by atoms with Crippen LogP contribution in [-0.2, 0) is 23.8 Å². The smallest absolute Gasteiger partial charge is 0.355 e. The van der Waals surface area contributed by atoms with Crippen LogP contribution in [0.4, 0.5) is 18.9 Å². The molecule has 0 bridgehead atoms. The molecule has 1 fully saturated rings. The first-order valence-electron chi connectivity index (χ1n) is 9.61. The number of halogens is 3. The maximum absolute atomic E-state index is 13.6. The third-order valence-corrected chi connectivity index (χ3v) is 6.53. The van der Waals surface area contributed by atoms with E-state index in [2.05, 4.69) is 5.32 Å². The molecule has 1 aliphatic carbocycles. The number of rotatable bonds is 2. The Morgan fingerprint density at radius 1 is 1.19 bits per heavy atom. The van der Waals surface area contributed by atoms with Gasteiger partial charge in [-0.05, 0) is 53.7 Å². The second-order valence-corrected chi connectivity index (χ2v) is 8.13. The highest BCUT2D eigenvalue weighted by atomic mass is 32.1. The normalized spacial score (nSPS) is 20.0. The number of anilines is 1. The molecule has 2 aromatic carbocycles. The Morgan fingerprint density at radius 2 is 1.88 bits per heavy atom. The van der Waals surface area contributed by atoms with E-state index in [1.54, 1.807) is 30.1 Å². The van der Waals surface area contributed by atoms with Crippen LogP contribution in [0.1, 0.15) is 32.6 Å². The summed E-state index contributed by atoms with van der Waals surface area (Å²) in [5.41, 5.74) is -0.647. The fourth-order valence-corrected chi connectivity index (χ4v) is 4.70. The van der Waals surface area contributed by atoms with Crippen molar-refractivity contribution >= 4 is 34.8 Å². The summed E-state index contributed by atoms with van der Waals surface area (Å²) in [6.07, 6.45) is -4.18. The third kappa shape index (κ3) is 3.12. The van der Waals surface area contributed by atoms with Crippen molar-refractivity contribution in [2.24, 2.45) is 0 Å². The van der Waals surface area contributed by atoms with E-state index in [4.69, 9.17) is 17.5 Å². The molecular weight excluding hydrogens is 441 g/mol. The molecule has 0 radical (unpaired) electrons. The van der Waals surface area contributed by atoms with Gasteiger partial charge in [0.05, 0.1) is 22.9 Å². The standard InChI is InChI=1S/C22H17F3N4O2S/c1-27-18(30)12-3-4-13-9-21(10-15(13)7-12)19(31)29(20(32)28(21)2)16-6-5-14(11-26)17(8-16)22(23,24)25/h3-8H,9-10H2,1-2H3,(H,27,30). The monoisotopic (exact) mass is 458 g/mol. The van der Waals surface area contributed by atoms with Gasteiger partial charge >= 0.3 is 6.18 Å². The van der Waals surface area contributed by atoms with Crippen LogP contribution >= 0.6 is 12.2 Å². The van der Waals surface area contributed by atoms with Gasteiger partial charge in [-0.15, -0.1) is 0 Å². The second-order valence-electron chi connectivity index (χ2n) is 7.77. The number of nitrogens with zero attached hydrogens (tertiary/aromatic N) is 3. The average molecular weight is 458 g/mol. The maximum atomic E-state index is 13.6. The molecule has 2 aliphatic rings. The van der Waals surface area contributed by atoms with Gasteiger partial charge in [0.15, 0.2) is 5.11 Å².